The van der Waals surface area contributed by atoms with Crippen LogP contribution in [0.4, 0.5) is 11.4 Å². The van der Waals surface area contributed by atoms with E-state index in [0.717, 1.165) is 4.42 Å². The number of rotatable bonds is 9. The maximum Gasteiger partial charge on any atom is 0.276 e. The van der Waals surface area contributed by atoms with E-state index < -0.39 is 17.7 Å². The van der Waals surface area contributed by atoms with Crippen molar-refractivity contribution in [3.63, 3.8) is 0 Å². The second-order valence-corrected chi connectivity index (χ2v) is 6.21. The number of carbonyl (C=O) groups excluding carboxylic acids is 2. The number of hydrogen-bond acceptors (Lipinski definition) is 8. The topological polar surface area (TPSA) is 99.0 Å². The number of anilines is 1. The number of azo groups is 1. The predicted octanol–water partition coefficient (Wildman–Crippen LogP) is 3.95. The first-order valence-electron chi connectivity index (χ1n) is 8.72. The summed E-state index contributed by atoms with van der Waals surface area (Å²) in [7, 11) is 5.76. The zero-order valence-corrected chi connectivity index (χ0v) is 18.0. The third-order valence-corrected chi connectivity index (χ3v) is 4.41. The van der Waals surface area contributed by atoms with Gasteiger partial charge in [0, 0.05) is 11.8 Å². The second kappa shape index (κ2) is 10.4. The summed E-state index contributed by atoms with van der Waals surface area (Å²) in [6, 6.07) is 8.35. The minimum Gasteiger partial charge on any atom is -0.494 e. The number of methoxy groups -OCH3 is 4. The fourth-order valence-corrected chi connectivity index (χ4v) is 2.88. The third-order valence-electron chi connectivity index (χ3n) is 4.07. The average molecular weight is 436 g/mol. The number of para-hydroxylation sites is 2. The Morgan fingerprint density at radius 3 is 1.93 bits per heavy atom. The largest absolute Gasteiger partial charge is 0.494 e. The molecule has 0 bridgehead atoms. The molecule has 1 unspecified atom stereocenters. The van der Waals surface area contributed by atoms with E-state index in [9.17, 15) is 9.59 Å². The molecular formula is C20H22ClN3O6. The molecular weight excluding hydrogens is 414 g/mol. The molecule has 0 radical (unpaired) electrons. The van der Waals surface area contributed by atoms with Crippen LogP contribution < -0.4 is 23.4 Å². The summed E-state index contributed by atoms with van der Waals surface area (Å²) in [6.45, 7) is 1.22. The highest BCUT2D eigenvalue weighted by molar-refractivity contribution is 6.39. The zero-order valence-electron chi connectivity index (χ0n) is 17.2. The van der Waals surface area contributed by atoms with Gasteiger partial charge in [-0.05, 0) is 31.2 Å². The number of amides is 1. The van der Waals surface area contributed by atoms with Crippen molar-refractivity contribution in [1.82, 2.24) is 0 Å². The maximum atomic E-state index is 13.0. The summed E-state index contributed by atoms with van der Waals surface area (Å²) in [5.74, 6) is -0.0643. The molecule has 0 aliphatic heterocycles. The molecule has 1 atom stereocenters. The van der Waals surface area contributed by atoms with Crippen molar-refractivity contribution in [3.8, 4) is 23.0 Å². The molecule has 160 valence electrons. The lowest BCUT2D eigenvalue weighted by molar-refractivity contribution is -0.126. The standard InChI is InChI=1S/C20H22ClN3O6/c1-12(25)17(23-22-13-8-6-11-16(29-4)19(13)30-5)20(26)24(21)18-14(27-2)9-7-10-15(18)28-3/h6-11,17H,1-5H3. The van der Waals surface area contributed by atoms with E-state index in [1.807, 2.05) is 0 Å². The monoisotopic (exact) mass is 435 g/mol. The molecule has 0 saturated carbocycles. The quantitative estimate of drug-likeness (QED) is 0.336. The van der Waals surface area contributed by atoms with Gasteiger partial charge in [-0.2, -0.15) is 10.2 Å². The predicted molar refractivity (Wildman–Crippen MR) is 111 cm³/mol. The summed E-state index contributed by atoms with van der Waals surface area (Å²) in [5.41, 5.74) is 0.432. The van der Waals surface area contributed by atoms with E-state index in [-0.39, 0.29) is 22.9 Å². The van der Waals surface area contributed by atoms with Crippen molar-refractivity contribution < 1.29 is 28.5 Å². The van der Waals surface area contributed by atoms with Crippen LogP contribution >= 0.6 is 11.8 Å². The molecule has 2 aromatic carbocycles. The van der Waals surface area contributed by atoms with E-state index in [2.05, 4.69) is 10.2 Å². The van der Waals surface area contributed by atoms with Crippen LogP contribution in [-0.4, -0.2) is 46.2 Å². The van der Waals surface area contributed by atoms with Gasteiger partial charge < -0.3 is 18.9 Å². The van der Waals surface area contributed by atoms with Gasteiger partial charge >= 0.3 is 0 Å². The first kappa shape index (κ1) is 23.0. The smallest absolute Gasteiger partial charge is 0.276 e. The van der Waals surface area contributed by atoms with Gasteiger partial charge in [-0.3, -0.25) is 9.59 Å². The van der Waals surface area contributed by atoms with E-state index in [1.165, 1.54) is 35.4 Å². The number of hydrogen-bond donors (Lipinski definition) is 0. The first-order chi connectivity index (χ1) is 14.4. The molecule has 2 rings (SSSR count). The molecule has 10 heteroatoms. The molecule has 0 heterocycles. The van der Waals surface area contributed by atoms with Crippen molar-refractivity contribution in [1.29, 1.82) is 0 Å². The maximum absolute atomic E-state index is 13.0. The lowest BCUT2D eigenvalue weighted by Crippen LogP contribution is -2.36. The Balaban J connectivity index is 2.42. The average Bonchev–Trinajstić information content (AvgIpc) is 2.77. The van der Waals surface area contributed by atoms with E-state index in [4.69, 9.17) is 30.7 Å². The summed E-state index contributed by atoms with van der Waals surface area (Å²) >= 11 is 6.28. The van der Waals surface area contributed by atoms with Crippen molar-refractivity contribution in [2.75, 3.05) is 32.9 Å². The van der Waals surface area contributed by atoms with Crippen molar-refractivity contribution in [2.45, 2.75) is 13.0 Å². The number of ketones is 1. The van der Waals surface area contributed by atoms with Gasteiger partial charge in [0.05, 0.1) is 28.4 Å². The van der Waals surface area contributed by atoms with Crippen LogP contribution in [0.15, 0.2) is 46.6 Å². The van der Waals surface area contributed by atoms with E-state index in [0.29, 0.717) is 11.5 Å². The van der Waals surface area contributed by atoms with Crippen LogP contribution in [0, 0.1) is 0 Å². The fourth-order valence-electron chi connectivity index (χ4n) is 2.62. The molecule has 9 nitrogen and oxygen atoms in total. The Hall–Kier alpha value is -3.33. The number of carbonyl (C=O) groups is 2. The molecule has 0 saturated heterocycles. The van der Waals surface area contributed by atoms with Crippen LogP contribution in [0.3, 0.4) is 0 Å². The van der Waals surface area contributed by atoms with Crippen LogP contribution in [0.2, 0.25) is 0 Å². The molecule has 2 aromatic rings. The molecule has 0 spiro atoms. The molecule has 30 heavy (non-hydrogen) atoms. The highest BCUT2D eigenvalue weighted by Gasteiger charge is 2.32. The Kier molecular flexibility index (Phi) is 7.99. The van der Waals surface area contributed by atoms with E-state index in [1.54, 1.807) is 36.4 Å². The number of Topliss-reactive ketones (excluding diaryl/α,β-unsaturated/α-hetero) is 1. The Morgan fingerprint density at radius 1 is 0.900 bits per heavy atom. The third kappa shape index (κ3) is 4.80. The summed E-state index contributed by atoms with van der Waals surface area (Å²) < 4.78 is 21.7. The van der Waals surface area contributed by atoms with Gasteiger partial charge in [0.2, 0.25) is 6.04 Å². The van der Waals surface area contributed by atoms with Crippen molar-refractivity contribution >= 4 is 34.8 Å². The zero-order chi connectivity index (χ0) is 22.3. The van der Waals surface area contributed by atoms with Gasteiger partial charge in [-0.15, -0.1) is 0 Å². The van der Waals surface area contributed by atoms with Crippen LogP contribution in [-0.2, 0) is 9.59 Å². The van der Waals surface area contributed by atoms with Crippen LogP contribution in [0.25, 0.3) is 0 Å². The van der Waals surface area contributed by atoms with Gasteiger partial charge in [-0.1, -0.05) is 12.1 Å². The molecule has 0 aliphatic carbocycles. The Labute approximate surface area is 179 Å². The summed E-state index contributed by atoms with van der Waals surface area (Å²) in [6.07, 6.45) is 0. The first-order valence-corrected chi connectivity index (χ1v) is 9.06. The van der Waals surface area contributed by atoms with Gasteiger partial charge in [0.15, 0.2) is 17.3 Å². The minimum absolute atomic E-state index is 0.148. The molecule has 0 N–H and O–H groups in total. The minimum atomic E-state index is -1.49. The second-order valence-electron chi connectivity index (χ2n) is 5.87. The van der Waals surface area contributed by atoms with Crippen molar-refractivity contribution in [3.05, 3.63) is 36.4 Å². The lowest BCUT2D eigenvalue weighted by Gasteiger charge is -2.21. The highest BCUT2D eigenvalue weighted by atomic mass is 35.5. The summed E-state index contributed by atoms with van der Waals surface area (Å²) in [5, 5.41) is 7.94. The highest BCUT2D eigenvalue weighted by Crippen LogP contribution is 2.40. The molecule has 0 aromatic heterocycles. The Morgan fingerprint density at radius 2 is 1.43 bits per heavy atom. The number of benzene rings is 2. The van der Waals surface area contributed by atoms with Crippen molar-refractivity contribution in [2.24, 2.45) is 10.2 Å². The van der Waals surface area contributed by atoms with Gasteiger partial charge in [-0.25, -0.2) is 4.42 Å². The normalized spacial score (nSPS) is 11.7. The number of ether oxygens (including phenoxy) is 4. The molecule has 0 fully saturated rings. The number of nitrogens with zero attached hydrogens (tertiary/aromatic N) is 3. The SMILES string of the molecule is COc1cccc(N=NC(C(C)=O)C(=O)N(Cl)c2c(OC)cccc2OC)c1OC. The van der Waals surface area contributed by atoms with Gasteiger partial charge in [0.25, 0.3) is 5.91 Å². The van der Waals surface area contributed by atoms with E-state index >= 15 is 0 Å². The van der Waals surface area contributed by atoms with Crippen LogP contribution in [0.1, 0.15) is 6.92 Å². The Bertz CT molecular complexity index is 928. The lowest BCUT2D eigenvalue weighted by atomic mass is 10.2. The van der Waals surface area contributed by atoms with Gasteiger partial charge in [0.1, 0.15) is 22.9 Å². The fraction of sp³-hybridized carbons (Fsp3) is 0.300. The molecule has 1 amide bonds. The number of halogens is 1. The molecule has 0 aliphatic rings. The van der Waals surface area contributed by atoms with Crippen LogP contribution in [0.5, 0.6) is 23.0 Å². The summed E-state index contributed by atoms with van der Waals surface area (Å²) in [4.78, 5) is 25.1.